The number of rotatable bonds is 11. The van der Waals surface area contributed by atoms with Crippen LogP contribution in [0.4, 0.5) is 21.6 Å². The van der Waals surface area contributed by atoms with E-state index in [0.29, 0.717) is 66.1 Å². The monoisotopic (exact) mass is 569 g/mol. The maximum absolute atomic E-state index is 13.6. The number of aromatic nitrogens is 2. The standard InChI is InChI=1S/C28H29ClFN5O5/c1-38-15-19-12-35(13-27(37)40-19)8-2-3-26(36)34-24-10-20-23(11-25(24)39-14-17-4-5-17)31-16-32-28(20)33-18-6-7-22(30)21(29)9-18/h2-3,6-7,9-11,16-17,19H,4-5,8,12-15H2,1H3,(H,34,36)(H,31,32,33)/t19-/m1/s1. The Morgan fingerprint density at radius 3 is 2.88 bits per heavy atom. The molecule has 5 rings (SSSR count). The van der Waals surface area contributed by atoms with Crippen LogP contribution in [0, 0.1) is 11.7 Å². The van der Waals surface area contributed by atoms with Crippen molar-refractivity contribution in [1.29, 1.82) is 0 Å². The van der Waals surface area contributed by atoms with E-state index < -0.39 is 5.82 Å². The molecule has 2 fully saturated rings. The van der Waals surface area contributed by atoms with Crippen LogP contribution in [0.2, 0.25) is 5.02 Å². The van der Waals surface area contributed by atoms with Gasteiger partial charge in [-0.25, -0.2) is 14.4 Å². The summed E-state index contributed by atoms with van der Waals surface area (Å²) in [6, 6.07) is 7.78. The van der Waals surface area contributed by atoms with Crippen LogP contribution in [0.15, 0.2) is 48.8 Å². The summed E-state index contributed by atoms with van der Waals surface area (Å²) in [5.74, 6) is 0.245. The van der Waals surface area contributed by atoms with E-state index in [9.17, 15) is 14.0 Å². The molecule has 0 bridgehead atoms. The number of benzene rings is 2. The van der Waals surface area contributed by atoms with E-state index in [1.54, 1.807) is 31.4 Å². The smallest absolute Gasteiger partial charge is 0.320 e. The fourth-order valence-corrected chi connectivity index (χ4v) is 4.47. The lowest BCUT2D eigenvalue weighted by Gasteiger charge is -2.30. The lowest BCUT2D eigenvalue weighted by molar-refractivity contribution is -0.161. The normalized spacial score (nSPS) is 17.7. The van der Waals surface area contributed by atoms with Gasteiger partial charge in [-0.3, -0.25) is 14.5 Å². The molecule has 0 unspecified atom stereocenters. The van der Waals surface area contributed by atoms with Crippen LogP contribution in [0.3, 0.4) is 0 Å². The van der Waals surface area contributed by atoms with Crippen LogP contribution in [0.25, 0.3) is 10.9 Å². The first-order chi connectivity index (χ1) is 19.4. The summed E-state index contributed by atoms with van der Waals surface area (Å²) in [5.41, 5.74) is 1.61. The van der Waals surface area contributed by atoms with Crippen LogP contribution in [0.1, 0.15) is 12.8 Å². The summed E-state index contributed by atoms with van der Waals surface area (Å²) in [6.07, 6.45) is 6.41. The number of methoxy groups -OCH3 is 1. The second kappa shape index (κ2) is 12.6. The largest absolute Gasteiger partial charge is 0.491 e. The number of hydrogen-bond acceptors (Lipinski definition) is 9. The zero-order chi connectivity index (χ0) is 28.1. The molecule has 1 aliphatic carbocycles. The second-order valence-electron chi connectivity index (χ2n) is 9.75. The third-order valence-electron chi connectivity index (χ3n) is 6.45. The number of hydrogen-bond donors (Lipinski definition) is 2. The van der Waals surface area contributed by atoms with Crippen LogP contribution in [-0.2, 0) is 19.1 Å². The van der Waals surface area contributed by atoms with Crippen molar-refractivity contribution in [3.63, 3.8) is 0 Å². The molecule has 1 saturated heterocycles. The van der Waals surface area contributed by atoms with Gasteiger partial charge in [-0.05, 0) is 43.0 Å². The molecule has 40 heavy (non-hydrogen) atoms. The zero-order valence-corrected chi connectivity index (χ0v) is 22.6. The predicted octanol–water partition coefficient (Wildman–Crippen LogP) is 4.32. The molecule has 10 nitrogen and oxygen atoms in total. The Kier molecular flexibility index (Phi) is 8.73. The van der Waals surface area contributed by atoms with E-state index >= 15 is 0 Å². The van der Waals surface area contributed by atoms with E-state index in [1.807, 2.05) is 4.90 Å². The van der Waals surface area contributed by atoms with Crippen LogP contribution in [-0.4, -0.2) is 72.8 Å². The lowest BCUT2D eigenvalue weighted by Crippen LogP contribution is -2.47. The van der Waals surface area contributed by atoms with Gasteiger partial charge in [-0.2, -0.15) is 0 Å². The molecule has 2 aliphatic rings. The van der Waals surface area contributed by atoms with E-state index in [1.165, 1.54) is 24.5 Å². The minimum absolute atomic E-state index is 0.0190. The molecule has 1 amide bonds. The number of nitrogens with zero attached hydrogens (tertiary/aromatic N) is 3. The first-order valence-corrected chi connectivity index (χ1v) is 13.3. The molecular formula is C28H29ClFN5O5. The number of anilines is 3. The number of carbonyl (C=O) groups is 2. The highest BCUT2D eigenvalue weighted by Crippen LogP contribution is 2.36. The Hall–Kier alpha value is -3.80. The summed E-state index contributed by atoms with van der Waals surface area (Å²) < 4.78 is 30.0. The third kappa shape index (κ3) is 7.23. The Bertz CT molecular complexity index is 1430. The molecule has 210 valence electrons. The molecule has 12 heteroatoms. The van der Waals surface area contributed by atoms with Gasteiger partial charge in [0.05, 0.1) is 36.0 Å². The quantitative estimate of drug-likeness (QED) is 0.257. The van der Waals surface area contributed by atoms with Crippen molar-refractivity contribution in [1.82, 2.24) is 14.9 Å². The zero-order valence-electron chi connectivity index (χ0n) is 21.9. The average Bonchev–Trinajstić information content (AvgIpc) is 3.74. The Labute approximate surface area is 235 Å². The van der Waals surface area contributed by atoms with Gasteiger partial charge >= 0.3 is 5.97 Å². The van der Waals surface area contributed by atoms with E-state index in [-0.39, 0.29) is 29.5 Å². The molecule has 3 aromatic rings. The van der Waals surface area contributed by atoms with Gasteiger partial charge in [-0.1, -0.05) is 17.7 Å². The SMILES string of the molecule is COC[C@H]1CN(CC=CC(=O)Nc2cc3c(Nc4ccc(F)c(Cl)c4)ncnc3cc2OCC2CC2)CC(=O)O1. The van der Waals surface area contributed by atoms with Crippen molar-refractivity contribution in [3.8, 4) is 5.75 Å². The summed E-state index contributed by atoms with van der Waals surface area (Å²) in [6.45, 7) is 1.91. The number of morpholine rings is 1. The Balaban J connectivity index is 1.33. The highest BCUT2D eigenvalue weighted by Gasteiger charge is 2.26. The molecule has 0 spiro atoms. The summed E-state index contributed by atoms with van der Waals surface area (Å²) in [7, 11) is 1.55. The highest BCUT2D eigenvalue weighted by molar-refractivity contribution is 6.31. The van der Waals surface area contributed by atoms with Gasteiger partial charge in [0.2, 0.25) is 5.91 Å². The number of cyclic esters (lactones) is 1. The molecule has 2 N–H and O–H groups in total. The molecule has 1 aliphatic heterocycles. The van der Waals surface area contributed by atoms with Crippen LogP contribution in [0.5, 0.6) is 5.75 Å². The number of ether oxygens (including phenoxy) is 3. The van der Waals surface area contributed by atoms with Gasteiger partial charge in [0.1, 0.15) is 29.8 Å². The van der Waals surface area contributed by atoms with Crippen molar-refractivity contribution in [2.45, 2.75) is 18.9 Å². The third-order valence-corrected chi connectivity index (χ3v) is 6.74. The number of amides is 1. The first-order valence-electron chi connectivity index (χ1n) is 12.9. The van der Waals surface area contributed by atoms with E-state index in [0.717, 1.165) is 12.8 Å². The topological polar surface area (TPSA) is 115 Å². The first kappa shape index (κ1) is 27.8. The van der Waals surface area contributed by atoms with Crippen LogP contribution >= 0.6 is 11.6 Å². The molecule has 1 aromatic heterocycles. The molecule has 2 aromatic carbocycles. The average molecular weight is 570 g/mol. The summed E-state index contributed by atoms with van der Waals surface area (Å²) >= 11 is 5.94. The van der Waals surface area contributed by atoms with Gasteiger partial charge < -0.3 is 24.8 Å². The van der Waals surface area contributed by atoms with Gasteiger partial charge in [0.15, 0.2) is 0 Å². The fraction of sp³-hybridized carbons (Fsp3) is 0.357. The van der Waals surface area contributed by atoms with Crippen molar-refractivity contribution in [2.24, 2.45) is 5.92 Å². The van der Waals surface area contributed by atoms with E-state index in [4.69, 9.17) is 25.8 Å². The number of esters is 1. The molecular weight excluding hydrogens is 541 g/mol. The lowest BCUT2D eigenvalue weighted by atomic mass is 10.1. The number of fused-ring (bicyclic) bond motifs is 1. The molecule has 2 heterocycles. The van der Waals surface area contributed by atoms with Gasteiger partial charge in [0.25, 0.3) is 0 Å². The Morgan fingerprint density at radius 1 is 1.25 bits per heavy atom. The van der Waals surface area contributed by atoms with Crippen molar-refractivity contribution in [3.05, 3.63) is 59.7 Å². The minimum Gasteiger partial charge on any atom is -0.491 e. The van der Waals surface area contributed by atoms with Crippen molar-refractivity contribution >= 4 is 51.6 Å². The fourth-order valence-electron chi connectivity index (χ4n) is 4.29. The summed E-state index contributed by atoms with van der Waals surface area (Å²) in [5, 5.41) is 6.64. The summed E-state index contributed by atoms with van der Waals surface area (Å²) in [4.78, 5) is 35.3. The molecule has 1 saturated carbocycles. The second-order valence-corrected chi connectivity index (χ2v) is 10.2. The molecule has 1 atom stereocenters. The van der Waals surface area contributed by atoms with Gasteiger partial charge in [-0.15, -0.1) is 0 Å². The predicted molar refractivity (Wildman–Crippen MR) is 148 cm³/mol. The minimum atomic E-state index is -0.523. The number of carbonyl (C=O) groups excluding carboxylic acids is 2. The van der Waals surface area contributed by atoms with Crippen molar-refractivity contribution < 1.29 is 28.2 Å². The van der Waals surface area contributed by atoms with Crippen molar-refractivity contribution in [2.75, 3.05) is 50.6 Å². The van der Waals surface area contributed by atoms with Crippen LogP contribution < -0.4 is 15.4 Å². The Morgan fingerprint density at radius 2 is 2.10 bits per heavy atom. The number of nitrogens with one attached hydrogen (secondary N) is 2. The van der Waals surface area contributed by atoms with E-state index in [2.05, 4.69) is 20.6 Å². The molecule has 0 radical (unpaired) electrons. The number of halogens is 2. The highest BCUT2D eigenvalue weighted by atomic mass is 35.5. The van der Waals surface area contributed by atoms with Gasteiger partial charge in [0, 0.05) is 43.4 Å². The maximum Gasteiger partial charge on any atom is 0.320 e. The maximum atomic E-state index is 13.6.